The number of fused-ring (bicyclic) bond motifs is 2. The van der Waals surface area contributed by atoms with Crippen molar-refractivity contribution in [3.8, 4) is 33.4 Å². The first kappa shape index (κ1) is 31.1. The fourth-order valence-electron chi connectivity index (χ4n) is 8.34. The Morgan fingerprint density at radius 3 is 1.67 bits per heavy atom. The van der Waals surface area contributed by atoms with Crippen LogP contribution in [-0.4, -0.2) is 0 Å². The molecule has 0 spiro atoms. The highest BCUT2D eigenvalue weighted by Crippen LogP contribution is 2.47. The molecule has 1 aliphatic carbocycles. The number of rotatable bonds is 7. The second kappa shape index (κ2) is 13.8. The Morgan fingerprint density at radius 2 is 0.902 bits per heavy atom. The largest absolute Gasteiger partial charge is 0.309 e. The first-order valence-corrected chi connectivity index (χ1v) is 18.5. The van der Waals surface area contributed by atoms with E-state index in [2.05, 4.69) is 187 Å². The summed E-state index contributed by atoms with van der Waals surface area (Å²) in [6.45, 7) is 0. The number of para-hydroxylation sites is 1. The molecule has 1 nitrogen and oxygen atoms in total. The van der Waals surface area contributed by atoms with E-state index in [4.69, 9.17) is 0 Å². The van der Waals surface area contributed by atoms with Gasteiger partial charge in [0.05, 0.1) is 11.4 Å². The predicted molar refractivity (Wildman–Crippen MR) is 218 cm³/mol. The van der Waals surface area contributed by atoms with Gasteiger partial charge < -0.3 is 4.90 Å². The molecule has 0 unspecified atom stereocenters. The maximum Gasteiger partial charge on any atom is 0.0540 e. The highest BCUT2D eigenvalue weighted by Gasteiger charge is 2.23. The molecule has 0 N–H and O–H groups in total. The minimum absolute atomic E-state index is 0.610. The topological polar surface area (TPSA) is 3.24 Å². The standard InChI is InChI=1S/C50H41N/c1-3-14-36(15-4-1)37-28-30-38(31-29-37)39-32-34-43(35-33-39)51(48-27-13-19-40-18-7-8-22-44(40)48)49-26-10-9-23-46(49)47-25-12-21-42-20-11-24-45(50(42)47)41-16-5-2-6-17-41/h1,3-4,7-15,18-35,41H,2,5-6,16-17H2. The second-order valence-electron chi connectivity index (χ2n) is 13.9. The third-order valence-electron chi connectivity index (χ3n) is 10.9. The van der Waals surface area contributed by atoms with Crippen molar-refractivity contribution in [1.29, 1.82) is 0 Å². The lowest BCUT2D eigenvalue weighted by molar-refractivity contribution is 0.445. The average molecular weight is 656 g/mol. The zero-order valence-corrected chi connectivity index (χ0v) is 28.9. The molecule has 1 heteroatoms. The first-order chi connectivity index (χ1) is 25.3. The van der Waals surface area contributed by atoms with Gasteiger partial charge in [0.1, 0.15) is 0 Å². The monoisotopic (exact) mass is 655 g/mol. The van der Waals surface area contributed by atoms with Gasteiger partial charge >= 0.3 is 0 Å². The van der Waals surface area contributed by atoms with E-state index in [1.165, 1.54) is 104 Å². The smallest absolute Gasteiger partial charge is 0.0540 e. The molecule has 51 heavy (non-hydrogen) atoms. The summed E-state index contributed by atoms with van der Waals surface area (Å²) < 4.78 is 0. The molecule has 0 atom stereocenters. The Labute approximate surface area is 301 Å². The van der Waals surface area contributed by atoms with Crippen molar-refractivity contribution in [2.45, 2.75) is 38.0 Å². The van der Waals surface area contributed by atoms with Crippen LogP contribution in [0.5, 0.6) is 0 Å². The summed E-state index contributed by atoms with van der Waals surface area (Å²) in [5.74, 6) is 0.610. The second-order valence-corrected chi connectivity index (χ2v) is 13.9. The number of hydrogen-bond donors (Lipinski definition) is 0. The Bertz CT molecular complexity index is 2420. The zero-order chi connectivity index (χ0) is 34.0. The van der Waals surface area contributed by atoms with Crippen LogP contribution in [0.15, 0.2) is 182 Å². The van der Waals surface area contributed by atoms with Crippen molar-refractivity contribution in [3.05, 3.63) is 188 Å². The van der Waals surface area contributed by atoms with Gasteiger partial charge in [-0.05, 0) is 92.6 Å². The summed E-state index contributed by atoms with van der Waals surface area (Å²) in [6.07, 6.45) is 6.55. The van der Waals surface area contributed by atoms with Gasteiger partial charge in [0.2, 0.25) is 0 Å². The van der Waals surface area contributed by atoms with Gasteiger partial charge in [-0.3, -0.25) is 0 Å². The summed E-state index contributed by atoms with van der Waals surface area (Å²) >= 11 is 0. The highest BCUT2D eigenvalue weighted by molar-refractivity contribution is 6.06. The lowest BCUT2D eigenvalue weighted by Crippen LogP contribution is -2.12. The molecule has 0 aliphatic heterocycles. The quantitative estimate of drug-likeness (QED) is 0.165. The Balaban J connectivity index is 1.19. The number of hydrogen-bond acceptors (Lipinski definition) is 1. The summed E-state index contributed by atoms with van der Waals surface area (Å²) in [7, 11) is 0. The fraction of sp³-hybridized carbons (Fsp3) is 0.120. The maximum absolute atomic E-state index is 2.47. The summed E-state index contributed by atoms with van der Waals surface area (Å²) in [6, 6.07) is 66.9. The third kappa shape index (κ3) is 6.00. The molecule has 9 rings (SSSR count). The molecule has 0 bridgehead atoms. The van der Waals surface area contributed by atoms with Gasteiger partial charge in [0.25, 0.3) is 0 Å². The molecule has 246 valence electrons. The lowest BCUT2D eigenvalue weighted by Gasteiger charge is -2.30. The molecule has 0 aromatic heterocycles. The van der Waals surface area contributed by atoms with E-state index < -0.39 is 0 Å². The number of anilines is 3. The van der Waals surface area contributed by atoms with Crippen LogP contribution in [0.25, 0.3) is 54.9 Å². The van der Waals surface area contributed by atoms with Crippen molar-refractivity contribution < 1.29 is 0 Å². The lowest BCUT2D eigenvalue weighted by atomic mass is 9.80. The predicted octanol–water partition coefficient (Wildman–Crippen LogP) is 14.5. The van der Waals surface area contributed by atoms with Crippen LogP contribution in [0, 0.1) is 0 Å². The SMILES string of the molecule is c1ccc(-c2ccc(-c3ccc(N(c4ccccc4-c4cccc5cccc(C6CCCCC6)c45)c4cccc5ccccc45)cc3)cc2)cc1. The van der Waals surface area contributed by atoms with Gasteiger partial charge in [0, 0.05) is 16.6 Å². The molecule has 0 saturated heterocycles. The molecule has 1 fully saturated rings. The van der Waals surface area contributed by atoms with Crippen molar-refractivity contribution in [1.82, 2.24) is 0 Å². The van der Waals surface area contributed by atoms with Gasteiger partial charge in [-0.25, -0.2) is 0 Å². The van der Waals surface area contributed by atoms with Crippen LogP contribution in [-0.2, 0) is 0 Å². The van der Waals surface area contributed by atoms with E-state index >= 15 is 0 Å². The molecular weight excluding hydrogens is 615 g/mol. The molecule has 0 amide bonds. The zero-order valence-electron chi connectivity index (χ0n) is 28.9. The van der Waals surface area contributed by atoms with Crippen molar-refractivity contribution >= 4 is 38.6 Å². The molecule has 8 aromatic rings. The van der Waals surface area contributed by atoms with E-state index in [0.717, 1.165) is 5.69 Å². The Morgan fingerprint density at radius 1 is 0.373 bits per heavy atom. The number of benzene rings is 8. The Hall–Kier alpha value is -5.92. The van der Waals surface area contributed by atoms with E-state index in [1.54, 1.807) is 0 Å². The molecule has 8 aromatic carbocycles. The Kier molecular flexibility index (Phi) is 8.39. The molecule has 1 aliphatic rings. The van der Waals surface area contributed by atoms with Crippen LogP contribution < -0.4 is 4.90 Å². The summed E-state index contributed by atoms with van der Waals surface area (Å²) in [5.41, 5.74) is 12.4. The van der Waals surface area contributed by atoms with Crippen LogP contribution >= 0.6 is 0 Å². The third-order valence-corrected chi connectivity index (χ3v) is 10.9. The van der Waals surface area contributed by atoms with Gasteiger partial charge in [-0.1, -0.05) is 177 Å². The van der Waals surface area contributed by atoms with Crippen LogP contribution in [0.4, 0.5) is 17.1 Å². The van der Waals surface area contributed by atoms with Gasteiger partial charge in [-0.15, -0.1) is 0 Å². The van der Waals surface area contributed by atoms with E-state index in [1.807, 2.05) is 0 Å². The van der Waals surface area contributed by atoms with Gasteiger partial charge in [-0.2, -0.15) is 0 Å². The molecule has 0 heterocycles. The minimum atomic E-state index is 0.610. The molecular formula is C50H41N. The van der Waals surface area contributed by atoms with Crippen LogP contribution in [0.2, 0.25) is 0 Å². The summed E-state index contributed by atoms with van der Waals surface area (Å²) in [5, 5.41) is 5.20. The minimum Gasteiger partial charge on any atom is -0.309 e. The van der Waals surface area contributed by atoms with E-state index in [-0.39, 0.29) is 0 Å². The average Bonchev–Trinajstić information content (AvgIpc) is 3.22. The summed E-state index contributed by atoms with van der Waals surface area (Å²) in [4.78, 5) is 2.47. The van der Waals surface area contributed by atoms with E-state index in [0.29, 0.717) is 5.92 Å². The normalized spacial score (nSPS) is 13.4. The van der Waals surface area contributed by atoms with Crippen LogP contribution in [0.1, 0.15) is 43.6 Å². The maximum atomic E-state index is 2.47. The van der Waals surface area contributed by atoms with Crippen molar-refractivity contribution in [2.75, 3.05) is 4.90 Å². The fourth-order valence-corrected chi connectivity index (χ4v) is 8.34. The first-order valence-electron chi connectivity index (χ1n) is 18.5. The van der Waals surface area contributed by atoms with Crippen LogP contribution in [0.3, 0.4) is 0 Å². The highest BCUT2D eigenvalue weighted by atomic mass is 15.1. The van der Waals surface area contributed by atoms with E-state index in [9.17, 15) is 0 Å². The number of nitrogens with zero attached hydrogens (tertiary/aromatic N) is 1. The van der Waals surface area contributed by atoms with Crippen molar-refractivity contribution in [2.24, 2.45) is 0 Å². The molecule has 1 saturated carbocycles. The van der Waals surface area contributed by atoms with Crippen molar-refractivity contribution in [3.63, 3.8) is 0 Å². The molecule has 0 radical (unpaired) electrons. The van der Waals surface area contributed by atoms with Gasteiger partial charge in [0.15, 0.2) is 0 Å².